The Kier molecular flexibility index (Phi) is 4.64. The van der Waals surface area contributed by atoms with Crippen molar-refractivity contribution in [3.05, 3.63) is 40.8 Å². The summed E-state index contributed by atoms with van der Waals surface area (Å²) in [6.45, 7) is 1.43. The van der Waals surface area contributed by atoms with Gasteiger partial charge in [0.25, 0.3) is 5.91 Å². The molecule has 3 heterocycles. The summed E-state index contributed by atoms with van der Waals surface area (Å²) in [6, 6.07) is 5.23. The van der Waals surface area contributed by atoms with E-state index in [0.717, 1.165) is 30.2 Å². The quantitative estimate of drug-likeness (QED) is 0.623. The second-order valence-electron chi connectivity index (χ2n) is 6.87. The van der Waals surface area contributed by atoms with Gasteiger partial charge in [0, 0.05) is 41.7 Å². The van der Waals surface area contributed by atoms with Crippen molar-refractivity contribution in [1.29, 1.82) is 0 Å². The molecule has 2 aromatic heterocycles. The number of piperidine rings is 1. The zero-order valence-electron chi connectivity index (χ0n) is 14.9. The lowest BCUT2D eigenvalue weighted by atomic mass is 10.0. The lowest BCUT2D eigenvalue weighted by molar-refractivity contribution is 0.100. The number of benzene rings is 1. The van der Waals surface area contributed by atoms with Gasteiger partial charge in [0.05, 0.1) is 5.69 Å². The molecule has 6 N–H and O–H groups in total. The smallest absolute Gasteiger partial charge is 0.260 e. The predicted molar refractivity (Wildman–Crippen MR) is 107 cm³/mol. The maximum absolute atomic E-state index is 14.6. The van der Waals surface area contributed by atoms with E-state index in [-0.39, 0.29) is 22.2 Å². The van der Waals surface area contributed by atoms with Gasteiger partial charge in [0.15, 0.2) is 0 Å². The van der Waals surface area contributed by atoms with E-state index >= 15 is 0 Å². The number of amides is 1. The largest absolute Gasteiger partial charge is 0.397 e. The number of nitrogens with two attached hydrogens (primary N) is 3. The number of hydrogen-bond donors (Lipinski definition) is 3. The summed E-state index contributed by atoms with van der Waals surface area (Å²) in [5.41, 5.74) is 18.4. The van der Waals surface area contributed by atoms with Crippen LogP contribution in [0.2, 0.25) is 0 Å². The zero-order valence-corrected chi connectivity index (χ0v) is 15.7. The Morgan fingerprint density at radius 2 is 1.89 bits per heavy atom. The number of carbonyl (C=O) groups is 1. The van der Waals surface area contributed by atoms with Crippen LogP contribution in [-0.4, -0.2) is 30.0 Å². The van der Waals surface area contributed by atoms with E-state index < -0.39 is 17.5 Å². The van der Waals surface area contributed by atoms with E-state index in [4.69, 9.17) is 17.2 Å². The molecule has 0 aliphatic carbocycles. The molecule has 0 spiro atoms. The number of rotatable bonds is 3. The lowest BCUT2D eigenvalue weighted by Crippen LogP contribution is -2.40. The van der Waals surface area contributed by atoms with Crippen LogP contribution in [0.15, 0.2) is 24.3 Å². The number of fused-ring (bicyclic) bond motifs is 1. The first-order chi connectivity index (χ1) is 13.3. The van der Waals surface area contributed by atoms with E-state index in [9.17, 15) is 13.6 Å². The van der Waals surface area contributed by atoms with Gasteiger partial charge in [-0.25, -0.2) is 13.8 Å². The average Bonchev–Trinajstić information content (AvgIpc) is 2.99. The number of carbonyl (C=O) groups excluding carboxylic acids is 1. The van der Waals surface area contributed by atoms with Crippen LogP contribution >= 0.6 is 11.3 Å². The minimum atomic E-state index is -0.717. The third-order valence-electron chi connectivity index (χ3n) is 4.99. The van der Waals surface area contributed by atoms with Crippen LogP contribution in [-0.2, 0) is 0 Å². The molecule has 0 atom stereocenters. The third kappa shape index (κ3) is 3.16. The summed E-state index contributed by atoms with van der Waals surface area (Å²) in [5.74, 6) is -1.43. The molecule has 1 aromatic carbocycles. The van der Waals surface area contributed by atoms with Gasteiger partial charge < -0.3 is 22.1 Å². The fourth-order valence-corrected chi connectivity index (χ4v) is 4.47. The normalized spacial score (nSPS) is 15.3. The molecule has 146 valence electrons. The molecule has 0 unspecified atom stereocenters. The highest BCUT2D eigenvalue weighted by Gasteiger charge is 2.24. The number of hydrogen-bond acceptors (Lipinski definition) is 6. The van der Waals surface area contributed by atoms with Crippen molar-refractivity contribution in [1.82, 2.24) is 4.98 Å². The fourth-order valence-electron chi connectivity index (χ4n) is 3.50. The van der Waals surface area contributed by atoms with Crippen LogP contribution in [0.4, 0.5) is 20.3 Å². The first-order valence-corrected chi connectivity index (χ1v) is 9.65. The van der Waals surface area contributed by atoms with Crippen molar-refractivity contribution in [3.8, 4) is 11.1 Å². The van der Waals surface area contributed by atoms with Crippen LogP contribution in [0, 0.1) is 11.6 Å². The van der Waals surface area contributed by atoms with Crippen molar-refractivity contribution >= 4 is 39.0 Å². The van der Waals surface area contributed by atoms with Gasteiger partial charge in [-0.15, -0.1) is 11.3 Å². The summed E-state index contributed by atoms with van der Waals surface area (Å²) < 4.78 is 28.0. The molecule has 1 amide bonds. The molecule has 0 radical (unpaired) electrons. The maximum Gasteiger partial charge on any atom is 0.260 e. The molecule has 1 saturated heterocycles. The molecule has 3 aromatic rings. The molecule has 6 nitrogen and oxygen atoms in total. The monoisotopic (exact) mass is 403 g/mol. The Hall–Kier alpha value is -2.78. The average molecular weight is 403 g/mol. The maximum atomic E-state index is 14.6. The highest BCUT2D eigenvalue weighted by molar-refractivity contribution is 7.21. The number of aromatic nitrogens is 1. The zero-order chi connectivity index (χ0) is 20.0. The summed E-state index contributed by atoms with van der Waals surface area (Å²) in [7, 11) is 0. The number of thiophene rings is 1. The molecule has 4 rings (SSSR count). The van der Waals surface area contributed by atoms with E-state index in [0.29, 0.717) is 34.7 Å². The fraction of sp³-hybridized carbons (Fsp3) is 0.263. The molecule has 1 fully saturated rings. The summed E-state index contributed by atoms with van der Waals surface area (Å²) in [6.07, 6.45) is 1.64. The number of primary amides is 1. The molecular formula is C19H19F2N5OS. The predicted octanol–water partition coefficient (Wildman–Crippen LogP) is 2.85. The van der Waals surface area contributed by atoms with Gasteiger partial charge in [-0.1, -0.05) is 0 Å². The lowest BCUT2D eigenvalue weighted by Gasteiger charge is -2.31. The van der Waals surface area contributed by atoms with E-state index in [2.05, 4.69) is 9.88 Å². The Morgan fingerprint density at radius 3 is 2.54 bits per heavy atom. The molecular weight excluding hydrogens is 384 g/mol. The third-order valence-corrected chi connectivity index (χ3v) is 6.11. The van der Waals surface area contributed by atoms with Crippen molar-refractivity contribution in [3.63, 3.8) is 0 Å². The van der Waals surface area contributed by atoms with Crippen molar-refractivity contribution in [2.24, 2.45) is 11.5 Å². The first kappa shape index (κ1) is 18.6. The SMILES string of the molecule is NC(=O)c1sc2nc(N3CCC(N)CC3)cc(-c3ccc(F)cc3F)c2c1N. The van der Waals surface area contributed by atoms with Crippen molar-refractivity contribution in [2.75, 3.05) is 23.7 Å². The van der Waals surface area contributed by atoms with E-state index in [1.54, 1.807) is 6.07 Å². The number of pyridine rings is 1. The van der Waals surface area contributed by atoms with Crippen molar-refractivity contribution < 1.29 is 13.6 Å². The van der Waals surface area contributed by atoms with Crippen LogP contribution < -0.4 is 22.1 Å². The van der Waals surface area contributed by atoms with Gasteiger partial charge in [-0.3, -0.25) is 4.79 Å². The highest BCUT2D eigenvalue weighted by atomic mass is 32.1. The minimum absolute atomic E-state index is 0.146. The Bertz CT molecular complexity index is 1080. The second-order valence-corrected chi connectivity index (χ2v) is 7.86. The van der Waals surface area contributed by atoms with Gasteiger partial charge in [-0.2, -0.15) is 0 Å². The number of anilines is 2. The van der Waals surface area contributed by atoms with Crippen LogP contribution in [0.25, 0.3) is 21.3 Å². The second kappa shape index (κ2) is 6.99. The Morgan fingerprint density at radius 1 is 1.18 bits per heavy atom. The van der Waals surface area contributed by atoms with Gasteiger partial charge in [0.1, 0.15) is 27.2 Å². The van der Waals surface area contributed by atoms with Crippen molar-refractivity contribution in [2.45, 2.75) is 18.9 Å². The van der Waals surface area contributed by atoms with Gasteiger partial charge in [0.2, 0.25) is 0 Å². The van der Waals surface area contributed by atoms with Crippen LogP contribution in [0.3, 0.4) is 0 Å². The van der Waals surface area contributed by atoms with Crippen LogP contribution in [0.5, 0.6) is 0 Å². The standard InChI is InChI=1S/C19H19F2N5OS/c20-9-1-2-11(13(21)7-9)12-8-14(26-5-3-10(22)4-6-26)25-19-15(12)16(23)17(28-19)18(24)27/h1-2,7-8,10H,3-6,22-23H2,(H2,24,27). The molecule has 0 bridgehead atoms. The van der Waals surface area contributed by atoms with E-state index in [1.807, 2.05) is 0 Å². The number of nitrogen functional groups attached to an aromatic ring is 1. The molecule has 28 heavy (non-hydrogen) atoms. The topological polar surface area (TPSA) is 111 Å². The summed E-state index contributed by atoms with van der Waals surface area (Å²) in [5, 5.41) is 0.446. The molecule has 1 aliphatic rings. The summed E-state index contributed by atoms with van der Waals surface area (Å²) in [4.78, 5) is 19.1. The Labute approximate surface area is 163 Å². The Balaban J connectivity index is 1.95. The highest BCUT2D eigenvalue weighted by Crippen LogP contribution is 2.42. The molecule has 0 saturated carbocycles. The van der Waals surface area contributed by atoms with Gasteiger partial charge in [-0.05, 0) is 31.0 Å². The molecule has 1 aliphatic heterocycles. The number of nitrogens with zero attached hydrogens (tertiary/aromatic N) is 2. The van der Waals surface area contributed by atoms with Gasteiger partial charge >= 0.3 is 0 Å². The minimum Gasteiger partial charge on any atom is -0.397 e. The van der Waals surface area contributed by atoms with E-state index in [1.165, 1.54) is 12.1 Å². The number of halogens is 2. The summed E-state index contributed by atoms with van der Waals surface area (Å²) >= 11 is 1.07. The first-order valence-electron chi connectivity index (χ1n) is 8.84. The molecule has 9 heteroatoms. The van der Waals surface area contributed by atoms with Crippen LogP contribution in [0.1, 0.15) is 22.5 Å².